The largest absolute Gasteiger partial charge is 0.308 e. The Balaban J connectivity index is 0.0000000963. The summed E-state index contributed by atoms with van der Waals surface area (Å²) < 4.78 is 24.8. The van der Waals surface area contributed by atoms with Crippen molar-refractivity contribution in [1.29, 1.82) is 0 Å². The molecule has 14 aromatic heterocycles. The standard InChI is InChI=1S/C47H25N3S2.C37H20N6S2.C34H17N3S3/c1-6-16-33-27(11-1)28-12-2-7-17-34(28)47(33)35-18-8-3-13-29(35)30-22-21-26(23-36(30)47)50-37-19-9-4-14-31(37)40-44(50)42-43-39(24-48-25-49-43)52-46(42)41-32-15-5-10-20-38(32)51-45(40)41;1-3-11-21(12-4-1)35-40-36(22-13-5-2-6-14-22)42-37(41-35)43-25-17-9-7-15-23(25)28-32(43)30-31-27(19-38-20-39-31)45-34(30)29-24-16-8-10-18-26(24)44-33(28)29;1-4-10-23-20(8-1)28-32(37(23)18-13-14-26-22(15-18)19-7-2-5-11-24(19)38-26)30-31-27(16-35-17-36-31)40-34(30)29-21-9-3-6-12-25(21)39-33(28)29/h1-25H;1-20H;1-17H. The van der Waals surface area contributed by atoms with E-state index in [9.17, 15) is 0 Å². The van der Waals surface area contributed by atoms with Crippen LogP contribution in [0.5, 0.6) is 0 Å². The lowest BCUT2D eigenvalue weighted by Gasteiger charge is -2.30. The Morgan fingerprint density at radius 1 is 0.219 bits per heavy atom. The normalized spacial score (nSPS) is 12.9. The summed E-state index contributed by atoms with van der Waals surface area (Å²) in [5.74, 6) is 1.83. The van der Waals surface area contributed by atoms with Gasteiger partial charge in [0.2, 0.25) is 5.95 Å². The van der Waals surface area contributed by atoms with E-state index in [2.05, 4.69) is 308 Å². The number of nitrogens with zero attached hydrogens (tertiary/aromatic N) is 12. The van der Waals surface area contributed by atoms with Crippen LogP contribution >= 0.6 is 79.4 Å². The molecule has 14 heterocycles. The Hall–Kier alpha value is -16.1. The molecule has 31 aromatic rings. The van der Waals surface area contributed by atoms with Crippen LogP contribution in [0.1, 0.15) is 22.3 Å². The minimum Gasteiger partial charge on any atom is -0.308 e. The second kappa shape index (κ2) is 29.0. The van der Waals surface area contributed by atoms with Crippen LogP contribution in [0, 0.1) is 0 Å². The van der Waals surface area contributed by atoms with Gasteiger partial charge in [-0.15, -0.1) is 79.4 Å². The van der Waals surface area contributed by atoms with Gasteiger partial charge < -0.3 is 9.13 Å². The predicted octanol–water partition coefficient (Wildman–Crippen LogP) is 33.2. The lowest BCUT2D eigenvalue weighted by molar-refractivity contribution is 0.792. The minimum absolute atomic E-state index is 0.412. The molecule has 0 amide bonds. The third-order valence-corrected chi connectivity index (χ3v) is 36.4. The monoisotopic (exact) mass is 1870 g/mol. The molecule has 0 unspecified atom stereocenters. The Morgan fingerprint density at radius 2 is 0.540 bits per heavy atom. The molecule has 636 valence electrons. The Labute approximate surface area is 805 Å². The van der Waals surface area contributed by atoms with E-state index in [0.717, 1.165) is 69.3 Å². The summed E-state index contributed by atoms with van der Waals surface area (Å²) in [4.78, 5) is 43.3. The van der Waals surface area contributed by atoms with Crippen LogP contribution in [0.3, 0.4) is 0 Å². The number of hydrogen-bond acceptors (Lipinski definition) is 16. The quantitative estimate of drug-likeness (QED) is 0.165. The molecular weight excluding hydrogens is 1810 g/mol. The number of benzene rings is 17. The summed E-state index contributed by atoms with van der Waals surface area (Å²) in [6, 6.07) is 123. The maximum Gasteiger partial charge on any atom is 0.238 e. The molecule has 0 N–H and O–H groups in total. The Kier molecular flexibility index (Phi) is 16.2. The number of thiophene rings is 7. The molecule has 2 aliphatic rings. The fraction of sp³-hybridized carbons (Fsp3) is 0.00847. The molecule has 0 atom stereocenters. The number of rotatable bonds is 5. The van der Waals surface area contributed by atoms with Gasteiger partial charge in [0.25, 0.3) is 0 Å². The summed E-state index contributed by atoms with van der Waals surface area (Å²) in [6.07, 6.45) is 10.9. The summed E-state index contributed by atoms with van der Waals surface area (Å²) in [6.45, 7) is 0. The molecule has 0 radical (unpaired) electrons. The summed E-state index contributed by atoms with van der Waals surface area (Å²) in [7, 11) is 0. The van der Waals surface area contributed by atoms with Gasteiger partial charge in [0.1, 0.15) is 19.0 Å². The van der Waals surface area contributed by atoms with Crippen molar-refractivity contribution in [3.05, 3.63) is 400 Å². The number of fused-ring (bicyclic) bond motifs is 49. The van der Waals surface area contributed by atoms with E-state index >= 15 is 0 Å². The molecule has 1 spiro atoms. The highest BCUT2D eigenvalue weighted by Crippen LogP contribution is 2.64. The van der Waals surface area contributed by atoms with Gasteiger partial charge in [-0.25, -0.2) is 34.9 Å². The van der Waals surface area contributed by atoms with Gasteiger partial charge in [0.05, 0.1) is 69.2 Å². The maximum atomic E-state index is 5.18. The van der Waals surface area contributed by atoms with E-state index < -0.39 is 5.41 Å². The topological polar surface area (TPSA) is 131 Å². The van der Waals surface area contributed by atoms with E-state index in [0.29, 0.717) is 17.6 Å². The molecule has 0 bridgehead atoms. The predicted molar refractivity (Wildman–Crippen MR) is 580 cm³/mol. The van der Waals surface area contributed by atoms with Gasteiger partial charge in [-0.05, 0) is 117 Å². The van der Waals surface area contributed by atoms with E-state index in [1.54, 1.807) is 30.3 Å². The molecular formula is C118H62N12S7. The van der Waals surface area contributed by atoms with Gasteiger partial charge >= 0.3 is 0 Å². The van der Waals surface area contributed by atoms with E-state index in [1.807, 2.05) is 147 Å². The number of para-hydroxylation sites is 3. The molecule has 19 heteroatoms. The van der Waals surface area contributed by atoms with Crippen LogP contribution in [-0.2, 0) is 5.41 Å². The average Bonchev–Trinajstić information content (AvgIpc) is 1.53. The van der Waals surface area contributed by atoms with Crippen molar-refractivity contribution in [2.45, 2.75) is 5.41 Å². The summed E-state index contributed by atoms with van der Waals surface area (Å²) >= 11 is 12.9. The highest BCUT2D eigenvalue weighted by Gasteiger charge is 2.52. The van der Waals surface area contributed by atoms with Crippen molar-refractivity contribution in [2.24, 2.45) is 0 Å². The molecule has 0 saturated carbocycles. The third-order valence-electron chi connectivity index (χ3n) is 28.3. The summed E-state index contributed by atoms with van der Waals surface area (Å²) in [5.41, 5.74) is 24.4. The van der Waals surface area contributed by atoms with Gasteiger partial charge in [0.15, 0.2) is 11.6 Å². The third kappa shape index (κ3) is 10.6. The maximum absolute atomic E-state index is 5.18. The van der Waals surface area contributed by atoms with Crippen LogP contribution in [0.4, 0.5) is 0 Å². The van der Waals surface area contributed by atoms with Crippen LogP contribution < -0.4 is 0 Å². The van der Waals surface area contributed by atoms with Crippen LogP contribution in [0.25, 0.3) is 269 Å². The lowest BCUT2D eigenvalue weighted by Crippen LogP contribution is -2.26. The van der Waals surface area contributed by atoms with Crippen molar-refractivity contribution in [1.82, 2.24) is 58.6 Å². The number of aromatic nitrogens is 12. The van der Waals surface area contributed by atoms with E-state index in [1.165, 1.54) is 205 Å². The zero-order valence-corrected chi connectivity index (χ0v) is 77.7. The van der Waals surface area contributed by atoms with Crippen molar-refractivity contribution >= 4 is 286 Å². The minimum atomic E-state index is -0.412. The van der Waals surface area contributed by atoms with Crippen molar-refractivity contribution in [2.75, 3.05) is 0 Å². The SMILES string of the molecule is c1ccc(-c2nc(-c3ccccc3)nc(-n3c4ccccc4c4c5sc6ccccc6c5c5sc6cncnc6c5c43)n2)cc1.c1ccc2c(c1)-c1ccccc1C21c2ccccc2-c2ccc(-n3c4ccccc4c4c5sc6ccccc6c5c5sc6cncnc6c5c43)cc21.c1ccc2c(c1)sc1ccc(-n3c4ccccc4c4c5sc6ccccc6c5c5sc6cncnc6c5c43)cc12. The van der Waals surface area contributed by atoms with Gasteiger partial charge in [0, 0.05) is 184 Å². The molecule has 33 rings (SSSR count). The van der Waals surface area contributed by atoms with Gasteiger partial charge in [-0.2, -0.15) is 9.97 Å². The second-order valence-electron chi connectivity index (χ2n) is 35.2. The Morgan fingerprint density at radius 3 is 0.978 bits per heavy atom. The first kappa shape index (κ1) is 76.4. The van der Waals surface area contributed by atoms with Gasteiger partial charge in [-0.1, -0.05) is 267 Å². The van der Waals surface area contributed by atoms with E-state index in [4.69, 9.17) is 29.9 Å². The molecule has 17 aromatic carbocycles. The van der Waals surface area contributed by atoms with Crippen LogP contribution in [0.15, 0.2) is 377 Å². The molecule has 0 saturated heterocycles. The summed E-state index contributed by atoms with van der Waals surface area (Å²) in [5, 5.41) is 21.5. The fourth-order valence-corrected chi connectivity index (χ4v) is 31.6. The molecule has 12 nitrogen and oxygen atoms in total. The molecule has 0 fully saturated rings. The zero-order valence-electron chi connectivity index (χ0n) is 72.0. The second-order valence-corrected chi connectivity index (χ2v) is 42.6. The Bertz CT molecular complexity index is 10500. The highest BCUT2D eigenvalue weighted by molar-refractivity contribution is 7.32. The molecule has 137 heavy (non-hydrogen) atoms. The first-order valence-corrected chi connectivity index (χ1v) is 51.1. The average molecular weight is 1870 g/mol. The van der Waals surface area contributed by atoms with Crippen molar-refractivity contribution < 1.29 is 0 Å². The van der Waals surface area contributed by atoms with Gasteiger partial charge in [-0.3, -0.25) is 4.57 Å². The first-order valence-electron chi connectivity index (χ1n) is 45.4. The zero-order chi connectivity index (χ0) is 89.1. The molecule has 2 aliphatic carbocycles. The van der Waals surface area contributed by atoms with Crippen LogP contribution in [0.2, 0.25) is 0 Å². The first-order chi connectivity index (χ1) is 68.0. The van der Waals surface area contributed by atoms with E-state index in [-0.39, 0.29) is 0 Å². The fourth-order valence-electron chi connectivity index (χ4n) is 22.9. The number of hydrogen-bond donors (Lipinski definition) is 0. The molecule has 0 aliphatic heterocycles. The highest BCUT2D eigenvalue weighted by atomic mass is 32.1. The van der Waals surface area contributed by atoms with Crippen LogP contribution in [-0.4, -0.2) is 58.6 Å². The smallest absolute Gasteiger partial charge is 0.238 e. The lowest BCUT2D eigenvalue weighted by atomic mass is 9.70. The van der Waals surface area contributed by atoms with Crippen molar-refractivity contribution in [3.8, 4) is 62.4 Å². The van der Waals surface area contributed by atoms with Crippen molar-refractivity contribution in [3.63, 3.8) is 0 Å².